The summed E-state index contributed by atoms with van der Waals surface area (Å²) in [6.45, 7) is 1.85. The predicted octanol–water partition coefficient (Wildman–Crippen LogP) is 2.28. The van der Waals surface area contributed by atoms with E-state index in [2.05, 4.69) is 32.8 Å². The molecular weight excluding hydrogens is 221 g/mol. The zero-order valence-electron chi connectivity index (χ0n) is 6.56. The summed E-state index contributed by atoms with van der Waals surface area (Å²) >= 11 is 3.17. The van der Waals surface area contributed by atoms with Gasteiger partial charge in [-0.15, -0.1) is 0 Å². The Labute approximate surface area is 79.1 Å². The molecule has 1 nitrogen and oxygen atoms in total. The van der Waals surface area contributed by atoms with E-state index in [0.29, 0.717) is 10.9 Å². The molecule has 0 spiro atoms. The minimum atomic E-state index is -0.487. The van der Waals surface area contributed by atoms with Crippen LogP contribution in [0, 0.1) is 24.7 Å². The summed E-state index contributed by atoms with van der Waals surface area (Å²) in [5.74, 6) is 5.14. The first-order chi connectivity index (χ1) is 5.74. The number of rotatable bonds is 0. The average molecular weight is 228 g/mol. The van der Waals surface area contributed by atoms with Gasteiger partial charge in [0, 0.05) is 17.8 Å². The van der Waals surface area contributed by atoms with E-state index < -0.39 is 5.95 Å². The van der Waals surface area contributed by atoms with Crippen LogP contribution in [0.25, 0.3) is 0 Å². The Kier molecular flexibility index (Phi) is 3.24. The van der Waals surface area contributed by atoms with Gasteiger partial charge in [0.05, 0.1) is 5.33 Å². The van der Waals surface area contributed by atoms with Gasteiger partial charge in [-0.25, -0.2) is 4.98 Å². The lowest BCUT2D eigenvalue weighted by Crippen LogP contribution is -1.88. The summed E-state index contributed by atoms with van der Waals surface area (Å²) in [5.41, 5.74) is 1.59. The molecular formula is C9H7BrFN. The molecule has 0 unspecified atom stereocenters. The lowest BCUT2D eigenvalue weighted by atomic mass is 10.2. The van der Waals surface area contributed by atoms with Crippen molar-refractivity contribution in [3.05, 3.63) is 29.3 Å². The lowest BCUT2D eigenvalue weighted by Gasteiger charge is -1.95. The third kappa shape index (κ3) is 2.31. The number of alkyl halides is 1. The highest BCUT2D eigenvalue weighted by atomic mass is 79.9. The van der Waals surface area contributed by atoms with Gasteiger partial charge in [0.25, 0.3) is 0 Å². The van der Waals surface area contributed by atoms with Crippen LogP contribution in [0.4, 0.5) is 4.39 Å². The first-order valence-corrected chi connectivity index (χ1v) is 4.53. The maximum absolute atomic E-state index is 12.6. The summed E-state index contributed by atoms with van der Waals surface area (Å²) in [6, 6.07) is 1.34. The first kappa shape index (κ1) is 9.21. The molecule has 0 saturated heterocycles. The number of aromatic nitrogens is 1. The van der Waals surface area contributed by atoms with Crippen LogP contribution < -0.4 is 0 Å². The second kappa shape index (κ2) is 4.22. The molecule has 0 saturated carbocycles. The maximum atomic E-state index is 12.6. The minimum Gasteiger partial charge on any atom is -0.228 e. The smallest absolute Gasteiger partial charge is 0.214 e. The van der Waals surface area contributed by atoms with E-state index in [1.165, 1.54) is 12.3 Å². The standard InChI is InChI=1S/C9H7BrFN/c1-7-6-12-9(11)5-8(7)3-2-4-10/h5-6H,4H2,1H3. The molecule has 0 fully saturated rings. The highest BCUT2D eigenvalue weighted by molar-refractivity contribution is 9.09. The van der Waals surface area contributed by atoms with E-state index in [1.807, 2.05) is 6.92 Å². The van der Waals surface area contributed by atoms with Crippen molar-refractivity contribution in [2.75, 3.05) is 5.33 Å². The topological polar surface area (TPSA) is 12.9 Å². The van der Waals surface area contributed by atoms with Crippen molar-refractivity contribution < 1.29 is 4.39 Å². The summed E-state index contributed by atoms with van der Waals surface area (Å²) in [5, 5.41) is 0.594. The quantitative estimate of drug-likeness (QED) is 0.377. The van der Waals surface area contributed by atoms with Crippen LogP contribution in [-0.4, -0.2) is 10.3 Å². The fourth-order valence-electron chi connectivity index (χ4n) is 0.762. The fourth-order valence-corrected chi connectivity index (χ4v) is 0.902. The first-order valence-electron chi connectivity index (χ1n) is 3.41. The van der Waals surface area contributed by atoms with Crippen molar-refractivity contribution >= 4 is 15.9 Å². The maximum Gasteiger partial charge on any atom is 0.214 e. The molecule has 1 rings (SSSR count). The van der Waals surface area contributed by atoms with E-state index in [0.717, 1.165) is 5.56 Å². The highest BCUT2D eigenvalue weighted by Gasteiger charge is 1.96. The Morgan fingerprint density at radius 3 is 3.08 bits per heavy atom. The number of aryl methyl sites for hydroxylation is 1. The molecule has 1 heterocycles. The summed E-state index contributed by atoms with van der Waals surface area (Å²) in [7, 11) is 0. The van der Waals surface area contributed by atoms with E-state index in [9.17, 15) is 4.39 Å². The monoisotopic (exact) mass is 227 g/mol. The van der Waals surface area contributed by atoms with Crippen molar-refractivity contribution in [3.63, 3.8) is 0 Å². The lowest BCUT2D eigenvalue weighted by molar-refractivity contribution is 0.582. The molecule has 0 aromatic carbocycles. The van der Waals surface area contributed by atoms with Crippen LogP contribution in [0.2, 0.25) is 0 Å². The van der Waals surface area contributed by atoms with Crippen molar-refractivity contribution in [3.8, 4) is 11.8 Å². The van der Waals surface area contributed by atoms with Gasteiger partial charge >= 0.3 is 0 Å². The largest absolute Gasteiger partial charge is 0.228 e. The number of halogens is 2. The molecule has 3 heteroatoms. The van der Waals surface area contributed by atoms with E-state index in [-0.39, 0.29) is 0 Å². The van der Waals surface area contributed by atoms with E-state index in [1.54, 1.807) is 0 Å². The second-order valence-corrected chi connectivity index (χ2v) is 2.82. The average Bonchev–Trinajstić information content (AvgIpc) is 2.07. The van der Waals surface area contributed by atoms with E-state index in [4.69, 9.17) is 0 Å². The van der Waals surface area contributed by atoms with Gasteiger partial charge in [-0.3, -0.25) is 0 Å². The minimum absolute atomic E-state index is 0.487. The van der Waals surface area contributed by atoms with Crippen molar-refractivity contribution in [2.45, 2.75) is 6.92 Å². The number of hydrogen-bond acceptors (Lipinski definition) is 1. The van der Waals surface area contributed by atoms with Gasteiger partial charge in [0.15, 0.2) is 0 Å². The van der Waals surface area contributed by atoms with Crippen LogP contribution in [0.15, 0.2) is 12.3 Å². The molecule has 1 aromatic rings. The molecule has 0 N–H and O–H groups in total. The fraction of sp³-hybridized carbons (Fsp3) is 0.222. The Balaban J connectivity index is 3.05. The molecule has 0 bridgehead atoms. The third-order valence-corrected chi connectivity index (χ3v) is 1.64. The zero-order chi connectivity index (χ0) is 8.97. The normalized spacial score (nSPS) is 8.92. The third-order valence-electron chi connectivity index (χ3n) is 1.36. The van der Waals surface area contributed by atoms with Crippen LogP contribution in [0.3, 0.4) is 0 Å². The number of hydrogen-bond donors (Lipinski definition) is 0. The Hall–Kier alpha value is -0.880. The molecule has 12 heavy (non-hydrogen) atoms. The van der Waals surface area contributed by atoms with Crippen molar-refractivity contribution in [1.29, 1.82) is 0 Å². The van der Waals surface area contributed by atoms with Crippen LogP contribution in [0.1, 0.15) is 11.1 Å². The molecule has 62 valence electrons. The van der Waals surface area contributed by atoms with Gasteiger partial charge in [0.2, 0.25) is 5.95 Å². The number of nitrogens with zero attached hydrogens (tertiary/aromatic N) is 1. The van der Waals surface area contributed by atoms with Gasteiger partial charge in [0.1, 0.15) is 0 Å². The van der Waals surface area contributed by atoms with Gasteiger partial charge in [-0.1, -0.05) is 27.8 Å². The van der Waals surface area contributed by atoms with Crippen molar-refractivity contribution in [2.24, 2.45) is 0 Å². The predicted molar refractivity (Wildman–Crippen MR) is 49.6 cm³/mol. The second-order valence-electron chi connectivity index (χ2n) is 2.26. The SMILES string of the molecule is Cc1cnc(F)cc1C#CCBr. The van der Waals surface area contributed by atoms with Crippen LogP contribution >= 0.6 is 15.9 Å². The summed E-state index contributed by atoms with van der Waals surface area (Å²) in [4.78, 5) is 3.50. The Bertz CT molecular complexity index is 338. The Morgan fingerprint density at radius 1 is 1.67 bits per heavy atom. The molecule has 0 radical (unpaired) electrons. The van der Waals surface area contributed by atoms with Crippen LogP contribution in [0.5, 0.6) is 0 Å². The molecule has 1 aromatic heterocycles. The molecule has 0 amide bonds. The Morgan fingerprint density at radius 2 is 2.42 bits per heavy atom. The molecule has 0 aliphatic rings. The summed E-state index contributed by atoms with van der Waals surface area (Å²) < 4.78 is 12.6. The van der Waals surface area contributed by atoms with Gasteiger partial charge in [-0.2, -0.15) is 4.39 Å². The van der Waals surface area contributed by atoms with Gasteiger partial charge < -0.3 is 0 Å². The molecule has 0 aliphatic carbocycles. The van der Waals surface area contributed by atoms with Crippen molar-refractivity contribution in [1.82, 2.24) is 4.98 Å². The van der Waals surface area contributed by atoms with E-state index >= 15 is 0 Å². The zero-order valence-corrected chi connectivity index (χ0v) is 8.15. The van der Waals surface area contributed by atoms with Crippen LogP contribution in [-0.2, 0) is 0 Å². The summed E-state index contributed by atoms with van der Waals surface area (Å²) in [6.07, 6.45) is 1.48. The molecule has 0 atom stereocenters. The molecule has 0 aliphatic heterocycles. The highest BCUT2D eigenvalue weighted by Crippen LogP contribution is 2.05. The number of pyridine rings is 1. The van der Waals surface area contributed by atoms with Gasteiger partial charge in [-0.05, 0) is 12.5 Å².